The molecule has 8 heteroatoms. The number of anilines is 1. The first-order valence-electron chi connectivity index (χ1n) is 10.3. The molecule has 2 aromatic carbocycles. The summed E-state index contributed by atoms with van der Waals surface area (Å²) in [7, 11) is -4.05. The first kappa shape index (κ1) is 20.8. The zero-order chi connectivity index (χ0) is 21.0. The predicted molar refractivity (Wildman–Crippen MR) is 118 cm³/mol. The molecule has 30 heavy (non-hydrogen) atoms. The van der Waals surface area contributed by atoms with Crippen LogP contribution in [0, 0.1) is 0 Å². The number of unbranched alkanes of at least 4 members (excludes halogenated alkanes) is 1. The van der Waals surface area contributed by atoms with Gasteiger partial charge in [0.2, 0.25) is 0 Å². The number of rotatable bonds is 8. The Morgan fingerprint density at radius 3 is 2.47 bits per heavy atom. The molecule has 2 heterocycles. The standard InChI is InChI=1S/C22H27FN4O2S/c23-27(30(28,29)19-7-2-1-3-8-19)14-5-4-13-25-15-17-26(18-16-25)22-10-6-9-21-20(22)11-12-24-21/h1-3,6-12,24H,4-5,13-18H2. The van der Waals surface area contributed by atoms with Crippen LogP contribution in [-0.4, -0.2) is 62.1 Å². The SMILES string of the molecule is O=S(=O)(c1ccccc1)N(F)CCCCN1CCN(c2cccc3[nH]ccc23)CC1. The van der Waals surface area contributed by atoms with Crippen molar-refractivity contribution in [2.75, 3.05) is 44.2 Å². The second-order valence-electron chi connectivity index (χ2n) is 7.58. The Balaban J connectivity index is 1.21. The number of benzene rings is 2. The van der Waals surface area contributed by atoms with Gasteiger partial charge in [-0.3, -0.25) is 4.90 Å². The number of H-pyrrole nitrogens is 1. The molecule has 1 aromatic heterocycles. The molecule has 0 radical (unpaired) electrons. The van der Waals surface area contributed by atoms with Gasteiger partial charge in [-0.2, -0.15) is 0 Å². The molecule has 0 amide bonds. The number of sulfonamides is 1. The molecule has 1 aliphatic heterocycles. The maximum atomic E-state index is 14.2. The molecule has 3 aromatic rings. The third kappa shape index (κ3) is 4.50. The van der Waals surface area contributed by atoms with E-state index in [-0.39, 0.29) is 16.0 Å². The van der Waals surface area contributed by atoms with Crippen molar-refractivity contribution in [1.29, 1.82) is 0 Å². The van der Waals surface area contributed by atoms with E-state index in [1.165, 1.54) is 23.2 Å². The van der Waals surface area contributed by atoms with Crippen molar-refractivity contribution in [3.63, 3.8) is 0 Å². The fraction of sp³-hybridized carbons (Fsp3) is 0.364. The lowest BCUT2D eigenvalue weighted by atomic mass is 10.1. The number of aromatic amines is 1. The van der Waals surface area contributed by atoms with Gasteiger partial charge in [0.05, 0.1) is 4.90 Å². The summed E-state index contributed by atoms with van der Waals surface area (Å²) in [6, 6.07) is 16.2. The molecule has 0 atom stereocenters. The van der Waals surface area contributed by atoms with Crippen molar-refractivity contribution < 1.29 is 12.9 Å². The Morgan fingerprint density at radius 2 is 1.70 bits per heavy atom. The summed E-state index contributed by atoms with van der Waals surface area (Å²) in [5, 5.41) is 1.24. The summed E-state index contributed by atoms with van der Waals surface area (Å²) in [6.45, 7) is 4.52. The first-order chi connectivity index (χ1) is 14.6. The third-order valence-electron chi connectivity index (χ3n) is 5.65. The summed E-state index contributed by atoms with van der Waals surface area (Å²) in [6.07, 6.45) is 3.22. The van der Waals surface area contributed by atoms with Gasteiger partial charge in [0, 0.05) is 55.5 Å². The largest absolute Gasteiger partial charge is 0.368 e. The van der Waals surface area contributed by atoms with Crippen molar-refractivity contribution in [2.45, 2.75) is 17.7 Å². The smallest absolute Gasteiger partial charge is 0.269 e. The Morgan fingerprint density at radius 1 is 0.933 bits per heavy atom. The minimum atomic E-state index is -4.05. The zero-order valence-electron chi connectivity index (χ0n) is 16.9. The fourth-order valence-electron chi connectivity index (χ4n) is 3.96. The van der Waals surface area contributed by atoms with Crippen molar-refractivity contribution in [1.82, 2.24) is 14.4 Å². The second kappa shape index (κ2) is 9.16. The highest BCUT2D eigenvalue weighted by Crippen LogP contribution is 2.27. The van der Waals surface area contributed by atoms with Gasteiger partial charge in [0.25, 0.3) is 10.0 Å². The number of piperazine rings is 1. The van der Waals surface area contributed by atoms with Gasteiger partial charge in [0.1, 0.15) is 0 Å². The molecular formula is C22H27FN4O2S. The van der Waals surface area contributed by atoms with E-state index in [9.17, 15) is 12.9 Å². The average molecular weight is 431 g/mol. The van der Waals surface area contributed by atoms with Crippen molar-refractivity contribution in [3.8, 4) is 0 Å². The lowest BCUT2D eigenvalue weighted by Crippen LogP contribution is -2.46. The summed E-state index contributed by atoms with van der Waals surface area (Å²) >= 11 is 0. The zero-order valence-corrected chi connectivity index (χ0v) is 17.7. The van der Waals surface area contributed by atoms with Crippen LogP contribution in [0.25, 0.3) is 10.9 Å². The average Bonchev–Trinajstić information content (AvgIpc) is 3.26. The van der Waals surface area contributed by atoms with Crippen LogP contribution in [0.15, 0.2) is 65.7 Å². The van der Waals surface area contributed by atoms with Crippen LogP contribution in [-0.2, 0) is 10.0 Å². The minimum Gasteiger partial charge on any atom is -0.368 e. The van der Waals surface area contributed by atoms with Crippen LogP contribution in [0.3, 0.4) is 0 Å². The second-order valence-corrected chi connectivity index (χ2v) is 9.40. The summed E-state index contributed by atoms with van der Waals surface area (Å²) in [4.78, 5) is 8.01. The number of nitrogens with zero attached hydrogens (tertiary/aromatic N) is 3. The van der Waals surface area contributed by atoms with Gasteiger partial charge in [-0.1, -0.05) is 24.3 Å². The third-order valence-corrected chi connectivity index (χ3v) is 7.22. The Bertz CT molecular complexity index is 1060. The molecule has 1 N–H and O–H groups in total. The van der Waals surface area contributed by atoms with E-state index >= 15 is 0 Å². The van der Waals surface area contributed by atoms with Crippen LogP contribution in [0.1, 0.15) is 12.8 Å². The summed E-state index contributed by atoms with van der Waals surface area (Å²) in [5.74, 6) is 0. The van der Waals surface area contributed by atoms with Gasteiger partial charge in [-0.05, 0) is 54.2 Å². The van der Waals surface area contributed by atoms with Gasteiger partial charge >= 0.3 is 0 Å². The van der Waals surface area contributed by atoms with E-state index in [4.69, 9.17) is 0 Å². The van der Waals surface area contributed by atoms with Crippen molar-refractivity contribution in [3.05, 3.63) is 60.8 Å². The lowest BCUT2D eigenvalue weighted by molar-refractivity contribution is 0.133. The molecular weight excluding hydrogens is 403 g/mol. The van der Waals surface area contributed by atoms with Crippen LogP contribution in [0.5, 0.6) is 0 Å². The topological polar surface area (TPSA) is 59.7 Å². The maximum absolute atomic E-state index is 14.2. The Labute approximate surface area is 176 Å². The minimum absolute atomic E-state index is 0.0129. The number of hydrogen-bond donors (Lipinski definition) is 1. The van der Waals surface area contributed by atoms with E-state index in [0.29, 0.717) is 6.42 Å². The first-order valence-corrected chi connectivity index (χ1v) is 11.8. The number of fused-ring (bicyclic) bond motifs is 1. The van der Waals surface area contributed by atoms with E-state index in [2.05, 4.69) is 39.0 Å². The van der Waals surface area contributed by atoms with Crippen LogP contribution < -0.4 is 4.90 Å². The van der Waals surface area contributed by atoms with Crippen LogP contribution in [0.4, 0.5) is 10.2 Å². The molecule has 0 spiro atoms. The Hall–Kier alpha value is -2.42. The molecule has 0 unspecified atom stereocenters. The quantitative estimate of drug-likeness (QED) is 0.438. The van der Waals surface area contributed by atoms with Crippen molar-refractivity contribution in [2.24, 2.45) is 0 Å². The predicted octanol–water partition coefficient (Wildman–Crippen LogP) is 3.65. The Kier molecular flexibility index (Phi) is 6.36. The monoisotopic (exact) mass is 430 g/mol. The number of hydrogen-bond acceptors (Lipinski definition) is 4. The normalized spacial score (nSPS) is 15.9. The number of nitrogens with one attached hydrogen (secondary N) is 1. The molecule has 0 bridgehead atoms. The van der Waals surface area contributed by atoms with Crippen LogP contribution >= 0.6 is 0 Å². The van der Waals surface area contributed by atoms with E-state index in [1.54, 1.807) is 18.2 Å². The highest BCUT2D eigenvalue weighted by atomic mass is 32.2. The molecule has 4 rings (SSSR count). The fourth-order valence-corrected chi connectivity index (χ4v) is 5.05. The number of halogens is 1. The van der Waals surface area contributed by atoms with Gasteiger partial charge in [0.15, 0.2) is 0 Å². The molecule has 0 saturated carbocycles. The maximum Gasteiger partial charge on any atom is 0.269 e. The van der Waals surface area contributed by atoms with Crippen molar-refractivity contribution >= 4 is 26.6 Å². The van der Waals surface area contributed by atoms with Gasteiger partial charge < -0.3 is 9.88 Å². The molecule has 1 fully saturated rings. The lowest BCUT2D eigenvalue weighted by Gasteiger charge is -2.36. The van der Waals surface area contributed by atoms with Crippen LogP contribution in [0.2, 0.25) is 0 Å². The van der Waals surface area contributed by atoms with Gasteiger partial charge in [-0.15, -0.1) is 4.48 Å². The summed E-state index contributed by atoms with van der Waals surface area (Å²) < 4.78 is 38.6. The van der Waals surface area contributed by atoms with Gasteiger partial charge in [-0.25, -0.2) is 8.42 Å². The number of aromatic nitrogens is 1. The molecule has 0 aliphatic carbocycles. The summed E-state index contributed by atoms with van der Waals surface area (Å²) in [5.41, 5.74) is 2.41. The highest BCUT2D eigenvalue weighted by Gasteiger charge is 2.24. The van der Waals surface area contributed by atoms with E-state index in [0.717, 1.165) is 44.7 Å². The molecule has 1 saturated heterocycles. The molecule has 1 aliphatic rings. The highest BCUT2D eigenvalue weighted by molar-refractivity contribution is 7.89. The molecule has 6 nitrogen and oxygen atoms in total. The van der Waals surface area contributed by atoms with E-state index < -0.39 is 10.0 Å². The van der Waals surface area contributed by atoms with E-state index in [1.807, 2.05) is 6.20 Å². The molecule has 160 valence electrons.